The van der Waals surface area contributed by atoms with E-state index in [1.165, 1.54) is 12.4 Å². The topological polar surface area (TPSA) is 75.4 Å². The van der Waals surface area contributed by atoms with E-state index in [0.717, 1.165) is 32.4 Å². The molecule has 8 heteroatoms. The number of aryl methyl sites for hydroxylation is 1. The first-order valence-electron chi connectivity index (χ1n) is 9.26. The number of carboxylic acids is 1. The van der Waals surface area contributed by atoms with Crippen LogP contribution in [0.25, 0.3) is 21.8 Å². The van der Waals surface area contributed by atoms with Gasteiger partial charge in [-0.3, -0.25) is 9.78 Å². The number of hydrogen-bond donors (Lipinski definition) is 1. The zero-order valence-electron chi connectivity index (χ0n) is 15.3. The fraction of sp³-hybridized carbons (Fsp3) is 0.350. The molecule has 0 spiro atoms. The van der Waals surface area contributed by atoms with Gasteiger partial charge in [0.2, 0.25) is 5.43 Å². The van der Waals surface area contributed by atoms with Crippen molar-refractivity contribution in [1.29, 1.82) is 0 Å². The Hall–Kier alpha value is -2.67. The first kappa shape index (κ1) is 18.7. The van der Waals surface area contributed by atoms with Crippen molar-refractivity contribution in [1.82, 2.24) is 9.55 Å². The van der Waals surface area contributed by atoms with Gasteiger partial charge in [0.15, 0.2) is 5.82 Å². The van der Waals surface area contributed by atoms with E-state index in [-0.39, 0.29) is 26.9 Å². The van der Waals surface area contributed by atoms with E-state index in [4.69, 9.17) is 11.6 Å². The average Bonchev–Trinajstić information content (AvgIpc) is 2.70. The monoisotopic (exact) mass is 403 g/mol. The van der Waals surface area contributed by atoms with Crippen molar-refractivity contribution in [3.8, 4) is 0 Å². The van der Waals surface area contributed by atoms with Gasteiger partial charge in [-0.1, -0.05) is 11.6 Å². The van der Waals surface area contributed by atoms with Gasteiger partial charge in [0.05, 0.1) is 22.8 Å². The van der Waals surface area contributed by atoms with Crippen molar-refractivity contribution in [2.45, 2.75) is 32.7 Å². The summed E-state index contributed by atoms with van der Waals surface area (Å²) in [5.41, 5.74) is -0.0386. The number of carboxylic acid groups (broad SMARTS) is 1. The molecule has 2 aromatic heterocycles. The van der Waals surface area contributed by atoms with Gasteiger partial charge in [-0.05, 0) is 32.3 Å². The Morgan fingerprint density at radius 1 is 1.32 bits per heavy atom. The van der Waals surface area contributed by atoms with Crippen LogP contribution in [0.3, 0.4) is 0 Å². The highest BCUT2D eigenvalue weighted by Crippen LogP contribution is 2.37. The molecule has 0 bridgehead atoms. The molecule has 6 nitrogen and oxygen atoms in total. The average molecular weight is 404 g/mol. The number of anilines is 1. The van der Waals surface area contributed by atoms with Gasteiger partial charge >= 0.3 is 5.97 Å². The van der Waals surface area contributed by atoms with Crippen LogP contribution in [0.5, 0.6) is 0 Å². The maximum absolute atomic E-state index is 15.1. The second-order valence-electron chi connectivity index (χ2n) is 6.95. The minimum Gasteiger partial charge on any atom is -0.477 e. The highest BCUT2D eigenvalue weighted by molar-refractivity contribution is 6.34. The predicted octanol–water partition coefficient (Wildman–Crippen LogP) is 4.05. The quantitative estimate of drug-likeness (QED) is 0.668. The number of rotatable bonds is 3. The van der Waals surface area contributed by atoms with Gasteiger partial charge in [0, 0.05) is 31.2 Å². The first-order valence-corrected chi connectivity index (χ1v) is 9.64. The molecule has 0 atom stereocenters. The third-order valence-corrected chi connectivity index (χ3v) is 5.70. The first-order chi connectivity index (χ1) is 13.4. The molecule has 4 rings (SSSR count). The zero-order chi connectivity index (χ0) is 20.0. The molecule has 0 unspecified atom stereocenters. The summed E-state index contributed by atoms with van der Waals surface area (Å²) in [6.07, 6.45) is 5.77. The maximum atomic E-state index is 15.1. The van der Waals surface area contributed by atoms with Crippen LogP contribution in [0.2, 0.25) is 5.02 Å². The maximum Gasteiger partial charge on any atom is 0.341 e. The van der Waals surface area contributed by atoms with E-state index in [1.807, 2.05) is 11.8 Å². The van der Waals surface area contributed by atoms with Crippen molar-refractivity contribution in [3.05, 3.63) is 45.1 Å². The summed E-state index contributed by atoms with van der Waals surface area (Å²) in [4.78, 5) is 30.7. The van der Waals surface area contributed by atoms with E-state index < -0.39 is 17.2 Å². The van der Waals surface area contributed by atoms with Crippen molar-refractivity contribution in [2.24, 2.45) is 0 Å². The Bertz CT molecular complexity index is 1170. The minimum atomic E-state index is -1.32. The molecule has 0 saturated carbocycles. The van der Waals surface area contributed by atoms with Crippen LogP contribution in [-0.2, 0) is 6.54 Å². The Balaban J connectivity index is 2.13. The molecule has 1 aliphatic rings. The molecule has 1 aromatic carbocycles. The Morgan fingerprint density at radius 2 is 2.04 bits per heavy atom. The SMILES string of the molecule is CCn1cc(C(=O)O)c(=O)c2c3cc(N4CCCCC4)c(Cl)c(F)c3ncc21. The molecule has 1 fully saturated rings. The number of benzene rings is 1. The molecule has 0 aliphatic carbocycles. The lowest BCUT2D eigenvalue weighted by atomic mass is 10.0. The van der Waals surface area contributed by atoms with Crippen LogP contribution in [0.4, 0.5) is 10.1 Å². The van der Waals surface area contributed by atoms with Gasteiger partial charge < -0.3 is 14.6 Å². The summed E-state index contributed by atoms with van der Waals surface area (Å²) in [6.45, 7) is 3.78. The molecule has 3 heterocycles. The third-order valence-electron chi connectivity index (χ3n) is 5.34. The lowest BCUT2D eigenvalue weighted by Gasteiger charge is -2.30. The molecular formula is C20H19ClFN3O3. The van der Waals surface area contributed by atoms with Crippen LogP contribution >= 0.6 is 11.6 Å². The number of pyridine rings is 2. The van der Waals surface area contributed by atoms with Crippen molar-refractivity contribution in [2.75, 3.05) is 18.0 Å². The summed E-state index contributed by atoms with van der Waals surface area (Å²) in [6, 6.07) is 1.68. The second-order valence-corrected chi connectivity index (χ2v) is 7.33. The van der Waals surface area contributed by atoms with Crippen LogP contribution in [0.1, 0.15) is 36.5 Å². The van der Waals surface area contributed by atoms with Gasteiger partial charge in [0.25, 0.3) is 0 Å². The number of aromatic nitrogens is 2. The molecule has 1 saturated heterocycles. The molecule has 1 N–H and O–H groups in total. The lowest BCUT2D eigenvalue weighted by Crippen LogP contribution is -2.29. The van der Waals surface area contributed by atoms with E-state index in [2.05, 4.69) is 4.98 Å². The second kappa shape index (κ2) is 7.05. The zero-order valence-corrected chi connectivity index (χ0v) is 16.1. The Kier molecular flexibility index (Phi) is 4.71. The van der Waals surface area contributed by atoms with Gasteiger partial charge in [-0.15, -0.1) is 0 Å². The lowest BCUT2D eigenvalue weighted by molar-refractivity contribution is 0.0695. The van der Waals surface area contributed by atoms with E-state index in [1.54, 1.807) is 10.6 Å². The van der Waals surface area contributed by atoms with Gasteiger partial charge in [-0.2, -0.15) is 0 Å². The fourth-order valence-corrected chi connectivity index (χ4v) is 4.17. The molecule has 0 amide bonds. The number of fused-ring (bicyclic) bond motifs is 3. The van der Waals surface area contributed by atoms with E-state index in [9.17, 15) is 14.7 Å². The standard InChI is InChI=1S/C20H19ClFN3O3/c1-2-24-10-12(20(27)28)19(26)15-11-8-13(25-6-4-3-5-7-25)16(21)17(22)18(11)23-9-14(15)24/h8-10H,2-7H2,1H3,(H,27,28). The van der Waals surface area contributed by atoms with Crippen LogP contribution in [0, 0.1) is 5.82 Å². The fourth-order valence-electron chi connectivity index (χ4n) is 3.90. The molecule has 146 valence electrons. The summed E-state index contributed by atoms with van der Waals surface area (Å²) in [5.74, 6) is -2.01. The van der Waals surface area contributed by atoms with E-state index in [0.29, 0.717) is 17.7 Å². The van der Waals surface area contributed by atoms with Crippen LogP contribution in [-0.4, -0.2) is 33.7 Å². The molecule has 1 aliphatic heterocycles. The minimum absolute atomic E-state index is 0.0218. The summed E-state index contributed by atoms with van der Waals surface area (Å²) in [7, 11) is 0. The van der Waals surface area contributed by atoms with Crippen LogP contribution < -0.4 is 10.3 Å². The molecule has 28 heavy (non-hydrogen) atoms. The van der Waals surface area contributed by atoms with Gasteiger partial charge in [0.1, 0.15) is 16.1 Å². The smallest absolute Gasteiger partial charge is 0.341 e. The number of piperidine rings is 1. The number of nitrogens with zero attached hydrogens (tertiary/aromatic N) is 3. The largest absolute Gasteiger partial charge is 0.477 e. The summed E-state index contributed by atoms with van der Waals surface area (Å²) < 4.78 is 16.7. The van der Waals surface area contributed by atoms with Crippen molar-refractivity contribution in [3.63, 3.8) is 0 Å². The summed E-state index contributed by atoms with van der Waals surface area (Å²) in [5, 5.41) is 9.86. The number of aromatic carboxylic acids is 1. The number of carbonyl (C=O) groups is 1. The predicted molar refractivity (Wildman–Crippen MR) is 107 cm³/mol. The Labute approximate surface area is 165 Å². The van der Waals surface area contributed by atoms with Crippen molar-refractivity contribution >= 4 is 45.1 Å². The van der Waals surface area contributed by atoms with Gasteiger partial charge in [-0.25, -0.2) is 9.18 Å². The normalized spacial score (nSPS) is 14.8. The number of halogens is 2. The van der Waals surface area contributed by atoms with Crippen molar-refractivity contribution < 1.29 is 14.3 Å². The molecular weight excluding hydrogens is 385 g/mol. The Morgan fingerprint density at radius 3 is 2.68 bits per heavy atom. The summed E-state index contributed by atoms with van der Waals surface area (Å²) >= 11 is 6.30. The molecule has 0 radical (unpaired) electrons. The highest BCUT2D eigenvalue weighted by atomic mass is 35.5. The van der Waals surface area contributed by atoms with Crippen LogP contribution in [0.15, 0.2) is 23.3 Å². The number of hydrogen-bond acceptors (Lipinski definition) is 4. The molecule has 3 aromatic rings. The van der Waals surface area contributed by atoms with E-state index >= 15 is 4.39 Å². The highest BCUT2D eigenvalue weighted by Gasteiger charge is 2.23. The third kappa shape index (κ3) is 2.81.